The SMILES string of the molecule is Cn1cccc1C(=O)CSc1nnc(COc2ccccc2Cl)n1-c1ccccc1. The summed E-state index contributed by atoms with van der Waals surface area (Å²) >= 11 is 7.53. The summed E-state index contributed by atoms with van der Waals surface area (Å²) in [6.45, 7) is 0.192. The molecule has 2 heterocycles. The Hall–Kier alpha value is -3.03. The zero-order valence-corrected chi connectivity index (χ0v) is 17.8. The van der Waals surface area contributed by atoms with Crippen molar-refractivity contribution in [1.82, 2.24) is 19.3 Å². The monoisotopic (exact) mass is 438 g/mol. The lowest BCUT2D eigenvalue weighted by Crippen LogP contribution is -2.10. The Morgan fingerprint density at radius 3 is 2.53 bits per heavy atom. The molecule has 0 aliphatic rings. The van der Waals surface area contributed by atoms with Crippen LogP contribution in [0.3, 0.4) is 0 Å². The number of Topliss-reactive ketones (excluding diaryl/α,β-unsaturated/α-hetero) is 1. The molecule has 6 nitrogen and oxygen atoms in total. The van der Waals surface area contributed by atoms with Gasteiger partial charge in [0.15, 0.2) is 16.8 Å². The van der Waals surface area contributed by atoms with E-state index < -0.39 is 0 Å². The van der Waals surface area contributed by atoms with Crippen molar-refractivity contribution < 1.29 is 9.53 Å². The predicted molar refractivity (Wildman–Crippen MR) is 118 cm³/mol. The molecule has 0 bridgehead atoms. The van der Waals surface area contributed by atoms with Crippen LogP contribution in [0.5, 0.6) is 5.75 Å². The molecule has 0 spiro atoms. The average Bonchev–Trinajstić information content (AvgIpc) is 3.38. The topological polar surface area (TPSA) is 61.9 Å². The van der Waals surface area contributed by atoms with Crippen LogP contribution in [-0.2, 0) is 13.7 Å². The highest BCUT2D eigenvalue weighted by molar-refractivity contribution is 7.99. The van der Waals surface area contributed by atoms with E-state index in [4.69, 9.17) is 16.3 Å². The molecule has 0 amide bonds. The molecule has 30 heavy (non-hydrogen) atoms. The van der Waals surface area contributed by atoms with Gasteiger partial charge in [-0.25, -0.2) is 0 Å². The van der Waals surface area contributed by atoms with Gasteiger partial charge in [0.05, 0.1) is 16.5 Å². The number of ketones is 1. The number of halogens is 1. The van der Waals surface area contributed by atoms with Crippen LogP contribution in [0.15, 0.2) is 78.1 Å². The number of carbonyl (C=O) groups excluding carboxylic acids is 1. The maximum atomic E-state index is 12.6. The van der Waals surface area contributed by atoms with E-state index in [1.54, 1.807) is 12.1 Å². The van der Waals surface area contributed by atoms with Crippen LogP contribution >= 0.6 is 23.4 Å². The Morgan fingerprint density at radius 1 is 1.03 bits per heavy atom. The molecule has 0 aliphatic carbocycles. The Kier molecular flexibility index (Phi) is 6.21. The molecule has 2 aromatic carbocycles. The van der Waals surface area contributed by atoms with Crippen LogP contribution in [0.1, 0.15) is 16.3 Å². The van der Waals surface area contributed by atoms with Gasteiger partial charge in [-0.2, -0.15) is 0 Å². The lowest BCUT2D eigenvalue weighted by molar-refractivity contribution is 0.101. The molecular formula is C22H19ClN4O2S. The van der Waals surface area contributed by atoms with Gasteiger partial charge in [0.25, 0.3) is 0 Å². The molecule has 4 rings (SSSR count). The first-order chi connectivity index (χ1) is 14.6. The zero-order valence-electron chi connectivity index (χ0n) is 16.2. The predicted octanol–water partition coefficient (Wildman–Crippen LogP) is 4.81. The molecule has 152 valence electrons. The second-order valence-corrected chi connectivity index (χ2v) is 7.85. The summed E-state index contributed by atoms with van der Waals surface area (Å²) in [7, 11) is 1.86. The lowest BCUT2D eigenvalue weighted by Gasteiger charge is -2.11. The Bertz CT molecular complexity index is 1160. The number of rotatable bonds is 8. The normalized spacial score (nSPS) is 10.9. The number of ether oxygens (including phenoxy) is 1. The van der Waals surface area contributed by atoms with Crippen molar-refractivity contribution >= 4 is 29.1 Å². The van der Waals surface area contributed by atoms with Gasteiger partial charge in [-0.05, 0) is 36.4 Å². The largest absolute Gasteiger partial charge is 0.484 e. The van der Waals surface area contributed by atoms with Crippen molar-refractivity contribution in [2.24, 2.45) is 7.05 Å². The summed E-state index contributed by atoms with van der Waals surface area (Å²) in [6, 6.07) is 20.7. The fraction of sp³-hybridized carbons (Fsp3) is 0.136. The molecule has 0 saturated heterocycles. The molecule has 8 heteroatoms. The third-order valence-corrected chi connectivity index (χ3v) is 5.71. The highest BCUT2D eigenvalue weighted by atomic mass is 35.5. The first-order valence-corrected chi connectivity index (χ1v) is 10.6. The second-order valence-electron chi connectivity index (χ2n) is 6.51. The molecule has 0 N–H and O–H groups in total. The molecule has 0 unspecified atom stereocenters. The number of hydrogen-bond acceptors (Lipinski definition) is 5. The molecule has 0 radical (unpaired) electrons. The van der Waals surface area contributed by atoms with Crippen LogP contribution in [0.2, 0.25) is 5.02 Å². The smallest absolute Gasteiger partial charge is 0.196 e. The average molecular weight is 439 g/mol. The highest BCUT2D eigenvalue weighted by Crippen LogP contribution is 2.26. The third kappa shape index (κ3) is 4.42. The molecule has 0 saturated carbocycles. The zero-order chi connectivity index (χ0) is 20.9. The standard InChI is InChI=1S/C22H19ClN4O2S/c1-26-13-7-11-18(26)19(28)15-30-22-25-24-21(27(22)16-8-3-2-4-9-16)14-29-20-12-6-5-10-17(20)23/h2-13H,14-15H2,1H3. The number of aromatic nitrogens is 4. The fourth-order valence-corrected chi connectivity index (χ4v) is 4.02. The lowest BCUT2D eigenvalue weighted by atomic mass is 10.3. The first kappa shape index (κ1) is 20.3. The number of benzene rings is 2. The van der Waals surface area contributed by atoms with Crippen LogP contribution in [0.4, 0.5) is 0 Å². The molecule has 0 atom stereocenters. The number of thioether (sulfide) groups is 1. The van der Waals surface area contributed by atoms with Gasteiger partial charge >= 0.3 is 0 Å². The second kappa shape index (κ2) is 9.19. The molecule has 0 fully saturated rings. The Balaban J connectivity index is 1.57. The van der Waals surface area contributed by atoms with E-state index in [1.165, 1.54) is 11.8 Å². The Labute approximate surface area is 183 Å². The number of aryl methyl sites for hydroxylation is 1. The number of hydrogen-bond donors (Lipinski definition) is 0. The van der Waals surface area contributed by atoms with E-state index in [0.29, 0.717) is 27.4 Å². The minimum atomic E-state index is 0.0315. The fourth-order valence-electron chi connectivity index (χ4n) is 2.98. The summed E-state index contributed by atoms with van der Waals surface area (Å²) in [5.74, 6) is 1.49. The molecule has 4 aromatic rings. The van der Waals surface area contributed by atoms with E-state index in [9.17, 15) is 4.79 Å². The molecular weight excluding hydrogens is 420 g/mol. The first-order valence-electron chi connectivity index (χ1n) is 9.28. The van der Waals surface area contributed by atoms with Gasteiger partial charge < -0.3 is 9.30 Å². The van der Waals surface area contributed by atoms with Crippen LogP contribution in [-0.4, -0.2) is 30.9 Å². The van der Waals surface area contributed by atoms with E-state index in [0.717, 1.165) is 5.69 Å². The van der Waals surface area contributed by atoms with Crippen LogP contribution in [0.25, 0.3) is 5.69 Å². The van der Waals surface area contributed by atoms with Crippen molar-refractivity contribution in [3.8, 4) is 11.4 Å². The van der Waals surface area contributed by atoms with Gasteiger partial charge in [0, 0.05) is 18.9 Å². The van der Waals surface area contributed by atoms with Crippen molar-refractivity contribution in [3.05, 3.63) is 89.5 Å². The van der Waals surface area contributed by atoms with Crippen molar-refractivity contribution in [1.29, 1.82) is 0 Å². The minimum absolute atomic E-state index is 0.0315. The number of carbonyl (C=O) groups is 1. The van der Waals surface area contributed by atoms with Crippen molar-refractivity contribution in [3.63, 3.8) is 0 Å². The summed E-state index contributed by atoms with van der Waals surface area (Å²) in [6.07, 6.45) is 1.86. The van der Waals surface area contributed by atoms with Crippen LogP contribution in [0, 0.1) is 0 Å². The summed E-state index contributed by atoms with van der Waals surface area (Å²) < 4.78 is 9.58. The van der Waals surface area contributed by atoms with Gasteiger partial charge in [0.1, 0.15) is 12.4 Å². The van der Waals surface area contributed by atoms with E-state index >= 15 is 0 Å². The van der Waals surface area contributed by atoms with Crippen molar-refractivity contribution in [2.75, 3.05) is 5.75 Å². The van der Waals surface area contributed by atoms with E-state index in [2.05, 4.69) is 10.2 Å². The third-order valence-electron chi connectivity index (χ3n) is 4.47. The van der Waals surface area contributed by atoms with Crippen molar-refractivity contribution in [2.45, 2.75) is 11.8 Å². The van der Waals surface area contributed by atoms with E-state index in [1.807, 2.05) is 77.0 Å². The summed E-state index contributed by atoms with van der Waals surface area (Å²) in [4.78, 5) is 12.6. The number of nitrogens with zero attached hydrogens (tertiary/aromatic N) is 4. The van der Waals surface area contributed by atoms with Gasteiger partial charge in [-0.15, -0.1) is 10.2 Å². The summed E-state index contributed by atoms with van der Waals surface area (Å²) in [5.41, 5.74) is 1.56. The molecule has 2 aromatic heterocycles. The molecule has 0 aliphatic heterocycles. The van der Waals surface area contributed by atoms with Gasteiger partial charge in [-0.3, -0.25) is 9.36 Å². The number of para-hydroxylation sites is 2. The van der Waals surface area contributed by atoms with E-state index in [-0.39, 0.29) is 18.1 Å². The maximum Gasteiger partial charge on any atom is 0.196 e. The quantitative estimate of drug-likeness (QED) is 0.292. The van der Waals surface area contributed by atoms with Gasteiger partial charge in [-0.1, -0.05) is 53.7 Å². The van der Waals surface area contributed by atoms with Crippen LogP contribution < -0.4 is 4.74 Å². The maximum absolute atomic E-state index is 12.6. The highest BCUT2D eigenvalue weighted by Gasteiger charge is 2.18. The summed E-state index contributed by atoms with van der Waals surface area (Å²) in [5, 5.41) is 9.77. The Morgan fingerprint density at radius 2 is 1.80 bits per heavy atom. The minimum Gasteiger partial charge on any atom is -0.484 e. The van der Waals surface area contributed by atoms with Gasteiger partial charge in [0.2, 0.25) is 0 Å².